The molecule has 0 saturated carbocycles. The molecule has 244 valence electrons. The zero-order chi connectivity index (χ0) is 34.2. The highest BCUT2D eigenvalue weighted by atomic mass is 16.3. The van der Waals surface area contributed by atoms with E-state index in [1.165, 1.54) is 0 Å². The topological polar surface area (TPSA) is 42.7 Å². The quantitative estimate of drug-likeness (QED) is 0.183. The standard InChI is InChI=1S/C48H29NO3/c1-3-12-31(13-4-1)49(32-14-5-2-6-15-32)33-24-22-30(23-25-33)44-35(37-19-11-18-36-34-16-7-9-20-40(34)51-47(36)37)26-27-39-46-43(52-48(39)44)29-28-42-45(46)38-17-8-10-21-41(38)50-42/h1-29H. The highest BCUT2D eigenvalue weighted by Gasteiger charge is 2.23. The van der Waals surface area contributed by atoms with Gasteiger partial charge in [0.1, 0.15) is 33.5 Å². The molecule has 0 aliphatic carbocycles. The van der Waals surface area contributed by atoms with Crippen molar-refractivity contribution in [2.75, 3.05) is 4.90 Å². The van der Waals surface area contributed by atoms with E-state index in [0.29, 0.717) is 0 Å². The van der Waals surface area contributed by atoms with E-state index in [9.17, 15) is 0 Å². The molecule has 0 fully saturated rings. The van der Waals surface area contributed by atoms with Gasteiger partial charge in [-0.3, -0.25) is 0 Å². The lowest BCUT2D eigenvalue weighted by Gasteiger charge is -2.25. The lowest BCUT2D eigenvalue weighted by atomic mass is 9.91. The maximum Gasteiger partial charge on any atom is 0.143 e. The monoisotopic (exact) mass is 667 g/mol. The number of para-hydroxylation sites is 5. The minimum Gasteiger partial charge on any atom is -0.456 e. The van der Waals surface area contributed by atoms with Crippen molar-refractivity contribution in [2.24, 2.45) is 0 Å². The van der Waals surface area contributed by atoms with E-state index in [0.717, 1.165) is 105 Å². The second kappa shape index (κ2) is 11.2. The molecule has 0 saturated heterocycles. The molecule has 3 heterocycles. The van der Waals surface area contributed by atoms with Crippen LogP contribution in [0.25, 0.3) is 88.1 Å². The maximum atomic E-state index is 6.93. The first kappa shape index (κ1) is 28.8. The Kier molecular flexibility index (Phi) is 6.22. The zero-order valence-corrected chi connectivity index (χ0v) is 27.9. The van der Waals surface area contributed by atoms with Crippen molar-refractivity contribution in [3.63, 3.8) is 0 Å². The highest BCUT2D eigenvalue weighted by molar-refractivity contribution is 6.27. The molecule has 0 atom stereocenters. The van der Waals surface area contributed by atoms with Gasteiger partial charge in [0.2, 0.25) is 0 Å². The maximum absolute atomic E-state index is 6.93. The smallest absolute Gasteiger partial charge is 0.143 e. The van der Waals surface area contributed by atoms with Gasteiger partial charge in [-0.15, -0.1) is 0 Å². The van der Waals surface area contributed by atoms with E-state index in [2.05, 4.69) is 132 Å². The van der Waals surface area contributed by atoms with Crippen LogP contribution < -0.4 is 4.90 Å². The molecule has 3 aromatic heterocycles. The van der Waals surface area contributed by atoms with Gasteiger partial charge >= 0.3 is 0 Å². The van der Waals surface area contributed by atoms with E-state index >= 15 is 0 Å². The fourth-order valence-electron chi connectivity index (χ4n) is 7.99. The minimum atomic E-state index is 0.824. The van der Waals surface area contributed by atoms with Crippen LogP contribution >= 0.6 is 0 Å². The number of rotatable bonds is 5. The minimum absolute atomic E-state index is 0.824. The second-order valence-corrected chi connectivity index (χ2v) is 13.2. The molecule has 8 aromatic carbocycles. The normalized spacial score (nSPS) is 11.8. The van der Waals surface area contributed by atoms with Crippen LogP contribution in [0.2, 0.25) is 0 Å². The van der Waals surface area contributed by atoms with Crippen molar-refractivity contribution < 1.29 is 13.3 Å². The van der Waals surface area contributed by atoms with Crippen LogP contribution in [-0.4, -0.2) is 0 Å². The summed E-state index contributed by atoms with van der Waals surface area (Å²) in [5.41, 5.74) is 12.5. The Morgan fingerprint density at radius 3 is 1.60 bits per heavy atom. The summed E-state index contributed by atoms with van der Waals surface area (Å²) in [5, 5.41) is 6.44. The van der Waals surface area contributed by atoms with Gasteiger partial charge in [0.25, 0.3) is 0 Å². The Balaban J connectivity index is 1.19. The number of hydrogen-bond acceptors (Lipinski definition) is 4. The van der Waals surface area contributed by atoms with Gasteiger partial charge in [-0.2, -0.15) is 0 Å². The van der Waals surface area contributed by atoms with Crippen LogP contribution in [0, 0.1) is 0 Å². The molecule has 0 N–H and O–H groups in total. The summed E-state index contributed by atoms with van der Waals surface area (Å²) >= 11 is 0. The Labute approximate surface area is 298 Å². The van der Waals surface area contributed by atoms with Gasteiger partial charge in [-0.25, -0.2) is 0 Å². The summed E-state index contributed by atoms with van der Waals surface area (Å²) in [5.74, 6) is 0. The average Bonchev–Trinajstić information content (AvgIpc) is 3.90. The van der Waals surface area contributed by atoms with E-state index in [1.807, 2.05) is 48.5 Å². The first-order valence-corrected chi connectivity index (χ1v) is 17.5. The summed E-state index contributed by atoms with van der Waals surface area (Å²) < 4.78 is 19.8. The van der Waals surface area contributed by atoms with Gasteiger partial charge in [0, 0.05) is 60.5 Å². The fraction of sp³-hybridized carbons (Fsp3) is 0. The number of hydrogen-bond donors (Lipinski definition) is 0. The van der Waals surface area contributed by atoms with Crippen molar-refractivity contribution >= 4 is 82.9 Å². The Morgan fingerprint density at radius 2 is 0.865 bits per heavy atom. The number of anilines is 3. The summed E-state index contributed by atoms with van der Waals surface area (Å²) in [6.07, 6.45) is 0. The van der Waals surface area contributed by atoms with Crippen molar-refractivity contribution in [3.05, 3.63) is 176 Å². The van der Waals surface area contributed by atoms with E-state index < -0.39 is 0 Å². The number of fused-ring (bicyclic) bond motifs is 10. The van der Waals surface area contributed by atoms with Crippen molar-refractivity contribution in [1.29, 1.82) is 0 Å². The molecule has 4 nitrogen and oxygen atoms in total. The summed E-state index contributed by atoms with van der Waals surface area (Å²) in [6.45, 7) is 0. The first-order valence-electron chi connectivity index (χ1n) is 17.5. The molecule has 0 aliphatic rings. The lowest BCUT2D eigenvalue weighted by Crippen LogP contribution is -2.09. The van der Waals surface area contributed by atoms with Crippen molar-refractivity contribution in [1.82, 2.24) is 0 Å². The van der Waals surface area contributed by atoms with Crippen molar-refractivity contribution in [3.8, 4) is 22.3 Å². The van der Waals surface area contributed by atoms with Gasteiger partial charge in [-0.1, -0.05) is 109 Å². The molecule has 0 amide bonds. The van der Waals surface area contributed by atoms with Crippen LogP contribution in [-0.2, 0) is 0 Å². The molecule has 0 unspecified atom stereocenters. The van der Waals surface area contributed by atoms with Gasteiger partial charge in [0.15, 0.2) is 0 Å². The van der Waals surface area contributed by atoms with Gasteiger partial charge in [-0.05, 0) is 77.9 Å². The molecule has 52 heavy (non-hydrogen) atoms. The molecule has 11 aromatic rings. The Bertz CT molecular complexity index is 3070. The second-order valence-electron chi connectivity index (χ2n) is 13.2. The summed E-state index contributed by atoms with van der Waals surface area (Å²) in [6, 6.07) is 61.1. The summed E-state index contributed by atoms with van der Waals surface area (Å²) in [4.78, 5) is 2.28. The number of benzene rings is 8. The SMILES string of the molecule is c1ccc(N(c2ccccc2)c2ccc(-c3c(-c4cccc5c4oc4ccccc45)ccc4c3oc3ccc5oc6ccccc6c5c34)cc2)cc1. The van der Waals surface area contributed by atoms with Crippen LogP contribution in [0.15, 0.2) is 189 Å². The van der Waals surface area contributed by atoms with E-state index in [4.69, 9.17) is 13.3 Å². The van der Waals surface area contributed by atoms with Crippen LogP contribution in [0.5, 0.6) is 0 Å². The average molecular weight is 668 g/mol. The predicted octanol–water partition coefficient (Wildman–Crippen LogP) is 14.2. The molecule has 0 aliphatic heterocycles. The largest absolute Gasteiger partial charge is 0.456 e. The zero-order valence-electron chi connectivity index (χ0n) is 27.9. The Hall–Kier alpha value is -7.04. The first-order chi connectivity index (χ1) is 25.8. The number of nitrogens with zero attached hydrogens (tertiary/aromatic N) is 1. The van der Waals surface area contributed by atoms with Crippen LogP contribution in [0.3, 0.4) is 0 Å². The molecule has 0 spiro atoms. The predicted molar refractivity (Wildman–Crippen MR) is 214 cm³/mol. The van der Waals surface area contributed by atoms with Gasteiger partial charge in [0.05, 0.1) is 0 Å². The van der Waals surface area contributed by atoms with Crippen molar-refractivity contribution in [2.45, 2.75) is 0 Å². The third kappa shape index (κ3) is 4.28. The lowest BCUT2D eigenvalue weighted by molar-refractivity contribution is 0.663. The van der Waals surface area contributed by atoms with E-state index in [-0.39, 0.29) is 0 Å². The summed E-state index contributed by atoms with van der Waals surface area (Å²) in [7, 11) is 0. The highest BCUT2D eigenvalue weighted by Crippen LogP contribution is 2.48. The third-order valence-corrected chi connectivity index (χ3v) is 10.3. The third-order valence-electron chi connectivity index (χ3n) is 10.3. The molecule has 0 bridgehead atoms. The van der Waals surface area contributed by atoms with Crippen LogP contribution in [0.4, 0.5) is 17.1 Å². The molecule has 4 heteroatoms. The molecule has 11 rings (SSSR count). The molecular formula is C48H29NO3. The number of furan rings is 3. The van der Waals surface area contributed by atoms with Gasteiger partial charge < -0.3 is 18.2 Å². The molecule has 0 radical (unpaired) electrons. The molecular weight excluding hydrogens is 639 g/mol. The fourth-order valence-corrected chi connectivity index (χ4v) is 7.99. The van der Waals surface area contributed by atoms with E-state index in [1.54, 1.807) is 0 Å². The van der Waals surface area contributed by atoms with Crippen LogP contribution in [0.1, 0.15) is 0 Å². The Morgan fingerprint density at radius 1 is 0.308 bits per heavy atom.